The summed E-state index contributed by atoms with van der Waals surface area (Å²) in [6, 6.07) is 6.25. The number of benzene rings is 1. The van der Waals surface area contributed by atoms with E-state index in [9.17, 15) is 14.9 Å². The van der Waals surface area contributed by atoms with Crippen LogP contribution in [-0.2, 0) is 9.47 Å². The van der Waals surface area contributed by atoms with Crippen LogP contribution in [0.5, 0.6) is 0 Å². The van der Waals surface area contributed by atoms with Gasteiger partial charge < -0.3 is 9.47 Å². The summed E-state index contributed by atoms with van der Waals surface area (Å²) >= 11 is 0. The Hall–Kier alpha value is -2.15. The van der Waals surface area contributed by atoms with Gasteiger partial charge in [0.1, 0.15) is 11.7 Å². The van der Waals surface area contributed by atoms with Crippen molar-refractivity contribution in [2.75, 3.05) is 6.54 Å². The minimum absolute atomic E-state index is 0.0256. The smallest absolute Gasteiger partial charge is 0.410 e. The van der Waals surface area contributed by atoms with Gasteiger partial charge in [0.15, 0.2) is 0 Å². The number of hydrogen-bond acceptors (Lipinski definition) is 5. The number of carbonyl (C=O) groups is 1. The summed E-state index contributed by atoms with van der Waals surface area (Å²) in [5.41, 5.74) is 0.193. The Kier molecular flexibility index (Phi) is 3.75. The van der Waals surface area contributed by atoms with E-state index in [0.717, 1.165) is 12.0 Å². The zero-order valence-electron chi connectivity index (χ0n) is 13.4. The van der Waals surface area contributed by atoms with Crippen LogP contribution in [0.25, 0.3) is 0 Å². The standard InChI is InChI=1S/C16H20N2O5/c1-16(2,3)23-15(19)17-9-12-8-13(17)14(22-12)10-5-4-6-11(7-10)18(20)21/h4-7,12-14H,8-9H2,1-3H3/t12-,13-,14+/m1/s1. The molecule has 0 aliphatic carbocycles. The van der Waals surface area contributed by atoms with Gasteiger partial charge in [-0.25, -0.2) is 4.79 Å². The normalized spacial score (nSPS) is 26.4. The fourth-order valence-electron chi connectivity index (χ4n) is 3.16. The second kappa shape index (κ2) is 5.49. The number of nitro groups is 1. The number of likely N-dealkylation sites (tertiary alicyclic amines) is 1. The molecule has 3 rings (SSSR count). The lowest BCUT2D eigenvalue weighted by Crippen LogP contribution is -2.45. The molecule has 7 heteroatoms. The molecule has 2 fully saturated rings. The van der Waals surface area contributed by atoms with Crippen molar-refractivity contribution in [3.05, 3.63) is 39.9 Å². The topological polar surface area (TPSA) is 81.9 Å². The van der Waals surface area contributed by atoms with Crippen molar-refractivity contribution in [3.8, 4) is 0 Å². The van der Waals surface area contributed by atoms with Crippen LogP contribution in [0.3, 0.4) is 0 Å². The van der Waals surface area contributed by atoms with E-state index in [-0.39, 0.29) is 30.0 Å². The van der Waals surface area contributed by atoms with E-state index < -0.39 is 10.5 Å². The lowest BCUT2D eigenvalue weighted by atomic mass is 10.0. The van der Waals surface area contributed by atoms with Crippen LogP contribution in [0.2, 0.25) is 0 Å². The van der Waals surface area contributed by atoms with Crippen molar-refractivity contribution in [2.45, 2.75) is 51.0 Å². The van der Waals surface area contributed by atoms with Crippen LogP contribution < -0.4 is 0 Å². The Labute approximate surface area is 134 Å². The van der Waals surface area contributed by atoms with Gasteiger partial charge in [-0.3, -0.25) is 15.0 Å². The highest BCUT2D eigenvalue weighted by Crippen LogP contribution is 2.43. The third-order valence-corrected chi connectivity index (χ3v) is 4.03. The zero-order valence-corrected chi connectivity index (χ0v) is 13.4. The molecule has 0 N–H and O–H groups in total. The van der Waals surface area contributed by atoms with E-state index in [0.29, 0.717) is 6.54 Å². The number of nitrogens with zero attached hydrogens (tertiary/aromatic N) is 2. The monoisotopic (exact) mass is 320 g/mol. The zero-order chi connectivity index (χ0) is 16.8. The van der Waals surface area contributed by atoms with Crippen LogP contribution in [0.4, 0.5) is 10.5 Å². The van der Waals surface area contributed by atoms with Gasteiger partial charge in [-0.2, -0.15) is 0 Å². The molecule has 1 aromatic rings. The summed E-state index contributed by atoms with van der Waals surface area (Å²) in [6.45, 7) is 5.99. The number of morpholine rings is 1. The molecule has 2 aliphatic heterocycles. The number of ether oxygens (including phenoxy) is 2. The molecule has 2 bridgehead atoms. The molecule has 124 valence electrons. The number of carbonyl (C=O) groups excluding carboxylic acids is 1. The summed E-state index contributed by atoms with van der Waals surface area (Å²) in [5, 5.41) is 10.9. The van der Waals surface area contributed by atoms with E-state index in [2.05, 4.69) is 0 Å². The van der Waals surface area contributed by atoms with Crippen molar-refractivity contribution in [1.82, 2.24) is 4.90 Å². The maximum Gasteiger partial charge on any atom is 0.410 e. The van der Waals surface area contributed by atoms with Crippen molar-refractivity contribution in [3.63, 3.8) is 0 Å². The van der Waals surface area contributed by atoms with Gasteiger partial charge in [0.05, 0.1) is 23.6 Å². The first kappa shape index (κ1) is 15.7. The fourth-order valence-corrected chi connectivity index (χ4v) is 3.16. The Balaban J connectivity index is 1.80. The highest BCUT2D eigenvalue weighted by atomic mass is 16.6. The highest BCUT2D eigenvalue weighted by Gasteiger charge is 2.49. The molecule has 0 aromatic heterocycles. The van der Waals surface area contributed by atoms with Crippen LogP contribution in [0.15, 0.2) is 24.3 Å². The molecule has 0 spiro atoms. The molecule has 0 unspecified atom stereocenters. The molecule has 23 heavy (non-hydrogen) atoms. The fraction of sp³-hybridized carbons (Fsp3) is 0.562. The lowest BCUT2D eigenvalue weighted by molar-refractivity contribution is -0.385. The van der Waals surface area contributed by atoms with E-state index in [1.165, 1.54) is 12.1 Å². The number of non-ortho nitro benzene ring substituents is 1. The lowest BCUT2D eigenvalue weighted by Gasteiger charge is -2.34. The number of hydrogen-bond donors (Lipinski definition) is 0. The third-order valence-electron chi connectivity index (χ3n) is 4.03. The number of nitro benzene ring substituents is 1. The average Bonchev–Trinajstić information content (AvgIpc) is 3.05. The summed E-state index contributed by atoms with van der Waals surface area (Å²) in [7, 11) is 0. The van der Waals surface area contributed by atoms with Gasteiger partial charge in [0.2, 0.25) is 0 Å². The van der Waals surface area contributed by atoms with Crippen molar-refractivity contribution in [1.29, 1.82) is 0 Å². The molecule has 7 nitrogen and oxygen atoms in total. The molecule has 1 aromatic carbocycles. The van der Waals surface area contributed by atoms with Crippen molar-refractivity contribution in [2.24, 2.45) is 0 Å². The highest BCUT2D eigenvalue weighted by molar-refractivity contribution is 5.69. The first-order valence-corrected chi connectivity index (χ1v) is 7.64. The van der Waals surface area contributed by atoms with Gasteiger partial charge in [0.25, 0.3) is 5.69 Å². The molecule has 1 amide bonds. The Morgan fingerprint density at radius 2 is 2.17 bits per heavy atom. The first-order chi connectivity index (χ1) is 10.7. The van der Waals surface area contributed by atoms with E-state index >= 15 is 0 Å². The molecule has 0 radical (unpaired) electrons. The van der Waals surface area contributed by atoms with Crippen molar-refractivity contribution >= 4 is 11.8 Å². The van der Waals surface area contributed by atoms with Gasteiger partial charge in [0, 0.05) is 12.1 Å². The maximum absolute atomic E-state index is 12.3. The largest absolute Gasteiger partial charge is 0.444 e. The molecular formula is C16H20N2O5. The molecule has 0 saturated carbocycles. The summed E-state index contributed by atoms with van der Waals surface area (Å²) in [5.74, 6) is 0. The van der Waals surface area contributed by atoms with E-state index in [4.69, 9.17) is 9.47 Å². The van der Waals surface area contributed by atoms with Crippen LogP contribution in [-0.4, -0.2) is 40.2 Å². The minimum atomic E-state index is -0.555. The van der Waals surface area contributed by atoms with Crippen LogP contribution in [0, 0.1) is 10.1 Å². The third kappa shape index (κ3) is 3.14. The average molecular weight is 320 g/mol. The molecule has 2 heterocycles. The summed E-state index contributed by atoms with van der Waals surface area (Å²) in [6.07, 6.45) is -0.0197. The second-order valence-corrected chi connectivity index (χ2v) is 6.97. The SMILES string of the molecule is CC(C)(C)OC(=O)N1C[C@H]2C[C@@H]1[C@H](c1cccc([N+](=O)[O-])c1)O2. The predicted molar refractivity (Wildman–Crippen MR) is 82.1 cm³/mol. The molecule has 2 aliphatic rings. The summed E-state index contributed by atoms with van der Waals surface area (Å²) in [4.78, 5) is 24.5. The van der Waals surface area contributed by atoms with Crippen molar-refractivity contribution < 1.29 is 19.2 Å². The molecule has 2 saturated heterocycles. The first-order valence-electron chi connectivity index (χ1n) is 7.64. The van der Waals surface area contributed by atoms with E-state index in [1.54, 1.807) is 17.0 Å². The van der Waals surface area contributed by atoms with Gasteiger partial charge in [-0.05, 0) is 32.8 Å². The number of rotatable bonds is 2. The number of amides is 1. The van der Waals surface area contributed by atoms with Crippen LogP contribution >= 0.6 is 0 Å². The van der Waals surface area contributed by atoms with Gasteiger partial charge >= 0.3 is 6.09 Å². The Morgan fingerprint density at radius 3 is 2.78 bits per heavy atom. The Bertz CT molecular complexity index is 640. The number of fused-ring (bicyclic) bond motifs is 2. The van der Waals surface area contributed by atoms with Gasteiger partial charge in [-0.1, -0.05) is 12.1 Å². The molecule has 3 atom stereocenters. The molecular weight excluding hydrogens is 300 g/mol. The maximum atomic E-state index is 12.3. The minimum Gasteiger partial charge on any atom is -0.444 e. The second-order valence-electron chi connectivity index (χ2n) is 6.97. The summed E-state index contributed by atoms with van der Waals surface area (Å²) < 4.78 is 11.4. The van der Waals surface area contributed by atoms with E-state index in [1.807, 2.05) is 20.8 Å². The van der Waals surface area contributed by atoms with Gasteiger partial charge in [-0.15, -0.1) is 0 Å². The quantitative estimate of drug-likeness (QED) is 0.618. The predicted octanol–water partition coefficient (Wildman–Crippen LogP) is 3.04. The van der Waals surface area contributed by atoms with Crippen LogP contribution in [0.1, 0.15) is 38.9 Å². The Morgan fingerprint density at radius 1 is 1.43 bits per heavy atom.